The number of aliphatic hydroxyl groups is 1. The van der Waals surface area contributed by atoms with Crippen molar-refractivity contribution in [2.75, 3.05) is 23.3 Å². The summed E-state index contributed by atoms with van der Waals surface area (Å²) in [6.45, 7) is 1.71. The van der Waals surface area contributed by atoms with Crippen LogP contribution in [-0.4, -0.2) is 34.5 Å². The highest BCUT2D eigenvalue weighted by Crippen LogP contribution is 2.39. The van der Waals surface area contributed by atoms with E-state index in [1.54, 1.807) is 0 Å². The van der Waals surface area contributed by atoms with Gasteiger partial charge in [-0.1, -0.05) is 0 Å². The fraction of sp³-hybridized carbons (Fsp3) is 0.227. The average molecular weight is 372 g/mol. The van der Waals surface area contributed by atoms with Gasteiger partial charge in [-0.05, 0) is 60.4 Å². The number of aromatic nitrogens is 2. The van der Waals surface area contributed by atoms with Gasteiger partial charge in [0.25, 0.3) is 0 Å². The number of H-pyrrole nitrogens is 2. The lowest BCUT2D eigenvalue weighted by Gasteiger charge is -2.25. The Kier molecular flexibility index (Phi) is 3.17. The largest absolute Gasteiger partial charge is 0.384 e. The van der Waals surface area contributed by atoms with E-state index in [0.717, 1.165) is 60.0 Å². The zero-order chi connectivity index (χ0) is 18.8. The van der Waals surface area contributed by atoms with E-state index in [-0.39, 0.29) is 0 Å². The fourth-order valence-corrected chi connectivity index (χ4v) is 4.83. The quantitative estimate of drug-likeness (QED) is 0.415. The number of nitrogens with zero attached hydrogens (tertiary/aromatic N) is 1. The molecule has 0 radical (unpaired) electrons. The van der Waals surface area contributed by atoms with Crippen molar-refractivity contribution in [3.05, 3.63) is 58.9 Å². The number of aliphatic hydroxyl groups excluding tert-OH is 1. The first-order valence-electron chi connectivity index (χ1n) is 9.66. The smallest absolute Gasteiger partial charge is 0.168 e. The topological polar surface area (TPSA) is 84.2 Å². The van der Waals surface area contributed by atoms with Gasteiger partial charge in [0.05, 0.1) is 11.4 Å². The molecular formula is C22H20N4O2. The summed E-state index contributed by atoms with van der Waals surface area (Å²) < 4.78 is 0. The summed E-state index contributed by atoms with van der Waals surface area (Å²) in [6.07, 6.45) is 1.96. The third-order valence-electron chi connectivity index (χ3n) is 6.15. The molecule has 0 spiro atoms. The summed E-state index contributed by atoms with van der Waals surface area (Å²) in [4.78, 5) is 19.7. The number of nitrogens with one attached hydrogen (secondary N) is 3. The predicted molar refractivity (Wildman–Crippen MR) is 110 cm³/mol. The summed E-state index contributed by atoms with van der Waals surface area (Å²) in [7, 11) is 0. The fourth-order valence-electron chi connectivity index (χ4n) is 4.83. The van der Waals surface area contributed by atoms with Crippen LogP contribution in [0, 0.1) is 0 Å². The number of hydrogen-bond acceptors (Lipinski definition) is 4. The van der Waals surface area contributed by atoms with Crippen LogP contribution >= 0.6 is 0 Å². The molecule has 1 atom stereocenters. The second kappa shape index (κ2) is 5.62. The lowest BCUT2D eigenvalue weighted by atomic mass is 10.1. The van der Waals surface area contributed by atoms with Crippen LogP contribution in [0.1, 0.15) is 33.5 Å². The summed E-state index contributed by atoms with van der Waals surface area (Å²) in [5.41, 5.74) is 8.15. The van der Waals surface area contributed by atoms with E-state index in [1.165, 1.54) is 22.2 Å². The number of carbonyl (C=O) groups excluding carboxylic acids is 1. The highest BCUT2D eigenvalue weighted by molar-refractivity contribution is 5.94. The lowest BCUT2D eigenvalue weighted by Crippen LogP contribution is -2.26. The molecule has 6 rings (SSSR count). The number of carbonyl (C=O) groups is 1. The van der Waals surface area contributed by atoms with E-state index < -0.39 is 6.23 Å². The molecule has 2 aliphatic heterocycles. The molecule has 4 heterocycles. The van der Waals surface area contributed by atoms with Crippen molar-refractivity contribution in [2.24, 2.45) is 0 Å². The molecule has 0 aliphatic carbocycles. The van der Waals surface area contributed by atoms with Gasteiger partial charge >= 0.3 is 0 Å². The van der Waals surface area contributed by atoms with Gasteiger partial charge in [-0.25, -0.2) is 0 Å². The van der Waals surface area contributed by atoms with Gasteiger partial charge in [-0.2, -0.15) is 0 Å². The van der Waals surface area contributed by atoms with Crippen LogP contribution in [0.2, 0.25) is 0 Å². The van der Waals surface area contributed by atoms with E-state index in [9.17, 15) is 9.90 Å². The minimum atomic E-state index is -0.736. The molecule has 2 aliphatic rings. The molecule has 4 N–H and O–H groups in total. The molecule has 0 amide bonds. The van der Waals surface area contributed by atoms with Gasteiger partial charge < -0.3 is 25.3 Å². The lowest BCUT2D eigenvalue weighted by molar-refractivity contribution is 0.111. The molecule has 28 heavy (non-hydrogen) atoms. The standard InChI is InChI=1S/C22H20N4O2/c27-11-12-9-15-14-6-8-26(21(14)4-3-18(15)24-12)22(28)20-10-16-13-5-7-23-17(13)1-2-19(16)25-20/h1-4,9-11,22-25,28H,5-8H2. The maximum absolute atomic E-state index is 11.2. The monoisotopic (exact) mass is 372 g/mol. The highest BCUT2D eigenvalue weighted by atomic mass is 16.3. The Hall–Kier alpha value is -3.25. The zero-order valence-corrected chi connectivity index (χ0v) is 15.2. The number of rotatable bonds is 3. The SMILES string of the molecule is O=Cc1cc2c3c(ccc2[nH]1)N(C(O)c1cc2c4c(ccc2[nH]1)NCC4)CC3. The molecule has 1 unspecified atom stereocenters. The predicted octanol–water partition coefficient (Wildman–Crippen LogP) is 3.48. The summed E-state index contributed by atoms with van der Waals surface area (Å²) in [5, 5.41) is 16.8. The molecule has 6 nitrogen and oxygen atoms in total. The number of aromatic amines is 2. The summed E-state index contributed by atoms with van der Waals surface area (Å²) >= 11 is 0. The number of benzene rings is 2. The van der Waals surface area contributed by atoms with Gasteiger partial charge in [0.2, 0.25) is 0 Å². The highest BCUT2D eigenvalue weighted by Gasteiger charge is 2.29. The van der Waals surface area contributed by atoms with Crippen LogP contribution in [0.5, 0.6) is 0 Å². The van der Waals surface area contributed by atoms with Crippen molar-refractivity contribution < 1.29 is 9.90 Å². The molecule has 6 heteroatoms. The van der Waals surface area contributed by atoms with Crippen LogP contribution in [-0.2, 0) is 12.8 Å². The van der Waals surface area contributed by atoms with Gasteiger partial charge in [-0.15, -0.1) is 0 Å². The Morgan fingerprint density at radius 2 is 1.82 bits per heavy atom. The second-order valence-corrected chi connectivity index (χ2v) is 7.64. The Morgan fingerprint density at radius 3 is 2.71 bits per heavy atom. The first-order chi connectivity index (χ1) is 13.7. The molecule has 0 saturated heterocycles. The van der Waals surface area contributed by atoms with Gasteiger partial charge in [0, 0.05) is 46.3 Å². The van der Waals surface area contributed by atoms with Crippen LogP contribution in [0.3, 0.4) is 0 Å². The Labute approximate surface area is 161 Å². The van der Waals surface area contributed by atoms with Gasteiger partial charge in [-0.3, -0.25) is 4.79 Å². The number of anilines is 2. The molecular weight excluding hydrogens is 352 g/mol. The van der Waals surface area contributed by atoms with Crippen molar-refractivity contribution in [3.8, 4) is 0 Å². The Bertz CT molecular complexity index is 1250. The molecule has 0 bridgehead atoms. The third-order valence-corrected chi connectivity index (χ3v) is 6.15. The van der Waals surface area contributed by atoms with E-state index in [4.69, 9.17) is 0 Å². The first kappa shape index (κ1) is 15.8. The first-order valence-corrected chi connectivity index (χ1v) is 9.66. The van der Waals surface area contributed by atoms with Crippen molar-refractivity contribution >= 4 is 39.5 Å². The molecule has 2 aromatic heterocycles. The van der Waals surface area contributed by atoms with E-state index >= 15 is 0 Å². The minimum Gasteiger partial charge on any atom is -0.384 e. The normalized spacial score (nSPS) is 16.4. The molecule has 140 valence electrons. The van der Waals surface area contributed by atoms with E-state index in [0.29, 0.717) is 5.69 Å². The van der Waals surface area contributed by atoms with Crippen LogP contribution < -0.4 is 10.2 Å². The van der Waals surface area contributed by atoms with E-state index in [1.807, 2.05) is 23.1 Å². The van der Waals surface area contributed by atoms with E-state index in [2.05, 4.69) is 33.5 Å². The Balaban J connectivity index is 1.41. The summed E-state index contributed by atoms with van der Waals surface area (Å²) in [5.74, 6) is 0. The zero-order valence-electron chi connectivity index (χ0n) is 15.2. The van der Waals surface area contributed by atoms with Crippen molar-refractivity contribution in [1.29, 1.82) is 0 Å². The maximum atomic E-state index is 11.2. The average Bonchev–Trinajstić information content (AvgIpc) is 3.49. The second-order valence-electron chi connectivity index (χ2n) is 7.64. The maximum Gasteiger partial charge on any atom is 0.168 e. The van der Waals surface area contributed by atoms with Crippen LogP contribution in [0.25, 0.3) is 21.8 Å². The third kappa shape index (κ3) is 2.09. The summed E-state index contributed by atoms with van der Waals surface area (Å²) in [6, 6.07) is 12.2. The number of hydrogen-bond donors (Lipinski definition) is 4. The Morgan fingerprint density at radius 1 is 1.00 bits per heavy atom. The van der Waals surface area contributed by atoms with Crippen LogP contribution in [0.15, 0.2) is 36.4 Å². The number of aldehydes is 1. The molecule has 2 aromatic carbocycles. The van der Waals surface area contributed by atoms with Crippen LogP contribution in [0.4, 0.5) is 11.4 Å². The molecule has 0 fully saturated rings. The van der Waals surface area contributed by atoms with Gasteiger partial charge in [0.15, 0.2) is 12.5 Å². The van der Waals surface area contributed by atoms with Crippen molar-refractivity contribution in [1.82, 2.24) is 9.97 Å². The number of fused-ring (bicyclic) bond motifs is 6. The van der Waals surface area contributed by atoms with Crippen molar-refractivity contribution in [3.63, 3.8) is 0 Å². The molecule has 4 aromatic rings. The molecule has 0 saturated carbocycles. The van der Waals surface area contributed by atoms with Crippen molar-refractivity contribution in [2.45, 2.75) is 19.1 Å². The van der Waals surface area contributed by atoms with Gasteiger partial charge in [0.1, 0.15) is 0 Å². The minimum absolute atomic E-state index is 0.584.